The highest BCUT2D eigenvalue weighted by Crippen LogP contribution is 2.42. The summed E-state index contributed by atoms with van der Waals surface area (Å²) >= 11 is 1.32. The first-order chi connectivity index (χ1) is 21.3. The Bertz CT molecular complexity index is 1820. The number of nitrogens with one attached hydrogen (secondary N) is 2. The molecule has 3 heterocycles. The molecule has 45 heavy (non-hydrogen) atoms. The van der Waals surface area contributed by atoms with E-state index in [0.717, 1.165) is 16.8 Å². The molecule has 0 radical (unpaired) electrons. The monoisotopic (exact) mass is 635 g/mol. The number of rotatable bonds is 7. The molecular formula is C32H30FN3O8S. The number of carbonyl (C=O) groups is 5. The average Bonchev–Trinajstić information content (AvgIpc) is 3.33. The number of ketones is 1. The molecule has 11 nitrogen and oxygen atoms in total. The number of halogens is 1. The van der Waals surface area contributed by atoms with E-state index in [1.807, 2.05) is 0 Å². The molecule has 2 aliphatic heterocycles. The van der Waals surface area contributed by atoms with Crippen molar-refractivity contribution >= 4 is 52.2 Å². The Balaban J connectivity index is 1.12. The number of benzene rings is 2. The molecule has 3 aliphatic rings. The zero-order chi connectivity index (χ0) is 32.2. The number of carbonyl (C=O) groups excluding carboxylic acids is 5. The van der Waals surface area contributed by atoms with Crippen LogP contribution in [0.4, 0.5) is 4.39 Å². The van der Waals surface area contributed by atoms with E-state index in [0.29, 0.717) is 27.8 Å². The Kier molecular flexibility index (Phi) is 7.67. The maximum Gasteiger partial charge on any atom is 0.355 e. The van der Waals surface area contributed by atoms with Gasteiger partial charge in [-0.05, 0) is 62.7 Å². The van der Waals surface area contributed by atoms with E-state index >= 15 is 0 Å². The normalized spacial score (nSPS) is 18.9. The second-order valence-corrected chi connectivity index (χ2v) is 13.1. The standard InChI is InChI=1S/C32H30FN3O8S/c1-15(37)42-12-16-14-45-30-27(29(40)36(30)28(16)31(41)44-32(2,3)4)35-25(39)13-43-18-6-7-19-21(10-18)24(38)11-22-20-9-17(33)5-8-23(20)34-26(19)22/h5-10,27,30,34H,11-14H2,1-4H3,(H,35,39). The third-order valence-corrected chi connectivity index (χ3v) is 8.88. The fourth-order valence-electron chi connectivity index (χ4n) is 5.61. The van der Waals surface area contributed by atoms with E-state index in [-0.39, 0.29) is 36.1 Å². The van der Waals surface area contributed by atoms with Crippen molar-refractivity contribution in [3.63, 3.8) is 0 Å². The lowest BCUT2D eigenvalue weighted by molar-refractivity contribution is -0.159. The molecule has 13 heteroatoms. The van der Waals surface area contributed by atoms with Crippen LogP contribution in [0.3, 0.4) is 0 Å². The second kappa shape index (κ2) is 11.4. The van der Waals surface area contributed by atoms with Crippen LogP contribution in [0, 0.1) is 5.82 Å². The summed E-state index contributed by atoms with van der Waals surface area (Å²) in [5, 5.41) is 2.77. The van der Waals surface area contributed by atoms with E-state index in [4.69, 9.17) is 14.2 Å². The molecule has 2 N–H and O–H groups in total. The molecule has 2 amide bonds. The Morgan fingerprint density at radius 2 is 1.89 bits per heavy atom. The van der Waals surface area contributed by atoms with Crippen LogP contribution in [-0.2, 0) is 35.1 Å². The number of Topliss-reactive ketones (excluding diaryl/α,β-unsaturated/α-hetero) is 1. The molecule has 3 aromatic rings. The van der Waals surface area contributed by atoms with Gasteiger partial charge in [0.25, 0.3) is 11.8 Å². The van der Waals surface area contributed by atoms with Crippen LogP contribution < -0.4 is 10.1 Å². The Morgan fingerprint density at radius 3 is 2.62 bits per heavy atom. The van der Waals surface area contributed by atoms with E-state index < -0.39 is 47.4 Å². The summed E-state index contributed by atoms with van der Waals surface area (Å²) in [5.74, 6) is -2.27. The van der Waals surface area contributed by atoms with Crippen molar-refractivity contribution in [1.29, 1.82) is 0 Å². The summed E-state index contributed by atoms with van der Waals surface area (Å²) in [6, 6.07) is 8.41. The Morgan fingerprint density at radius 1 is 1.11 bits per heavy atom. The lowest BCUT2D eigenvalue weighted by Crippen LogP contribution is -2.71. The van der Waals surface area contributed by atoms with E-state index in [2.05, 4.69) is 10.3 Å². The highest BCUT2D eigenvalue weighted by molar-refractivity contribution is 8.00. The van der Waals surface area contributed by atoms with E-state index in [9.17, 15) is 28.4 Å². The van der Waals surface area contributed by atoms with Crippen LogP contribution in [0.15, 0.2) is 47.7 Å². The maximum absolute atomic E-state index is 13.9. The lowest BCUT2D eigenvalue weighted by atomic mass is 9.88. The number of esters is 2. The minimum Gasteiger partial charge on any atom is -0.484 e. The highest BCUT2D eigenvalue weighted by Gasteiger charge is 2.54. The quantitative estimate of drug-likeness (QED) is 0.294. The zero-order valence-corrected chi connectivity index (χ0v) is 25.8. The zero-order valence-electron chi connectivity index (χ0n) is 24.9. The minimum absolute atomic E-state index is 0.0173. The van der Waals surface area contributed by atoms with Gasteiger partial charge in [-0.25, -0.2) is 9.18 Å². The first-order valence-corrected chi connectivity index (χ1v) is 15.3. The maximum atomic E-state index is 13.9. The van der Waals surface area contributed by atoms with Crippen LogP contribution in [0.1, 0.15) is 43.6 Å². The van der Waals surface area contributed by atoms with E-state index in [1.54, 1.807) is 45.0 Å². The number of fused-ring (bicyclic) bond motifs is 6. The van der Waals surface area contributed by atoms with E-state index in [1.165, 1.54) is 35.7 Å². The average molecular weight is 636 g/mol. The molecule has 234 valence electrons. The lowest BCUT2D eigenvalue weighted by Gasteiger charge is -2.49. The number of amides is 2. The van der Waals surface area contributed by atoms with Gasteiger partial charge in [-0.1, -0.05) is 0 Å². The van der Waals surface area contributed by atoms with Crippen molar-refractivity contribution in [2.75, 3.05) is 19.0 Å². The molecule has 1 aliphatic carbocycles. The van der Waals surface area contributed by atoms with Gasteiger partial charge in [0, 0.05) is 46.7 Å². The second-order valence-electron chi connectivity index (χ2n) is 12.0. The summed E-state index contributed by atoms with van der Waals surface area (Å²) in [6.45, 7) is 5.77. The van der Waals surface area contributed by atoms with Crippen LogP contribution in [0.5, 0.6) is 5.75 Å². The van der Waals surface area contributed by atoms with Crippen molar-refractivity contribution in [2.45, 2.75) is 51.1 Å². The Hall–Kier alpha value is -4.65. The smallest absolute Gasteiger partial charge is 0.355 e. The first kappa shape index (κ1) is 30.4. The minimum atomic E-state index is -0.908. The number of nitrogens with zero attached hydrogens (tertiary/aromatic N) is 1. The fraction of sp³-hybridized carbons (Fsp3) is 0.344. The van der Waals surface area contributed by atoms with Crippen LogP contribution in [0.2, 0.25) is 0 Å². The van der Waals surface area contributed by atoms with Gasteiger partial charge >= 0.3 is 11.9 Å². The number of β-lactam (4-membered cyclic amide) rings is 1. The molecule has 0 spiro atoms. The van der Waals surface area contributed by atoms with Crippen molar-refractivity contribution in [2.24, 2.45) is 0 Å². The number of thioether (sulfide) groups is 1. The highest BCUT2D eigenvalue weighted by atomic mass is 32.2. The molecule has 1 saturated heterocycles. The number of ether oxygens (including phenoxy) is 3. The van der Waals surface area contributed by atoms with Gasteiger partial charge in [0.15, 0.2) is 12.4 Å². The molecular weight excluding hydrogens is 605 g/mol. The SMILES string of the molecule is CC(=O)OCC1=C(C(=O)OC(C)(C)C)N2C(=O)C(NC(=O)COc3ccc4c(c3)C(=O)Cc3c-4[nH]c4ccc(F)cc34)C2SC1. The van der Waals surface area contributed by atoms with Gasteiger partial charge in [-0.15, -0.1) is 11.8 Å². The van der Waals surface area contributed by atoms with Crippen LogP contribution in [0.25, 0.3) is 22.2 Å². The van der Waals surface area contributed by atoms with Gasteiger partial charge < -0.3 is 24.5 Å². The number of aromatic nitrogens is 1. The van der Waals surface area contributed by atoms with Gasteiger partial charge in [0.05, 0.1) is 5.69 Å². The summed E-state index contributed by atoms with van der Waals surface area (Å²) in [5.41, 5.74) is 2.91. The number of H-pyrrole nitrogens is 1. The summed E-state index contributed by atoms with van der Waals surface area (Å²) in [4.78, 5) is 68.1. The first-order valence-electron chi connectivity index (χ1n) is 14.2. The third-order valence-electron chi connectivity index (χ3n) is 7.54. The van der Waals surface area contributed by atoms with Crippen molar-refractivity contribution in [1.82, 2.24) is 15.2 Å². The molecule has 2 atom stereocenters. The van der Waals surface area contributed by atoms with Crippen molar-refractivity contribution < 1.29 is 42.6 Å². The predicted molar refractivity (Wildman–Crippen MR) is 162 cm³/mol. The molecule has 1 aromatic heterocycles. The number of aromatic amines is 1. The number of hydrogen-bond donors (Lipinski definition) is 2. The van der Waals surface area contributed by atoms with Gasteiger partial charge in [0.2, 0.25) is 0 Å². The molecule has 2 unspecified atom stereocenters. The largest absolute Gasteiger partial charge is 0.484 e. The fourth-order valence-corrected chi connectivity index (χ4v) is 6.94. The number of hydrogen-bond acceptors (Lipinski definition) is 9. The summed E-state index contributed by atoms with van der Waals surface area (Å²) in [7, 11) is 0. The van der Waals surface area contributed by atoms with Crippen LogP contribution in [-0.4, -0.2) is 75.4 Å². The van der Waals surface area contributed by atoms with Crippen molar-refractivity contribution in [3.8, 4) is 17.0 Å². The predicted octanol–water partition coefficient (Wildman–Crippen LogP) is 3.65. The van der Waals surface area contributed by atoms with Gasteiger partial charge in [-0.3, -0.25) is 24.1 Å². The third kappa shape index (κ3) is 5.79. The van der Waals surface area contributed by atoms with Crippen LogP contribution >= 0.6 is 11.8 Å². The molecule has 1 fully saturated rings. The Labute approximate surface area is 261 Å². The van der Waals surface area contributed by atoms with Gasteiger partial charge in [0.1, 0.15) is 40.9 Å². The molecule has 0 bridgehead atoms. The van der Waals surface area contributed by atoms with Gasteiger partial charge in [-0.2, -0.15) is 0 Å². The van der Waals surface area contributed by atoms with Crippen molar-refractivity contribution in [3.05, 3.63) is 64.6 Å². The summed E-state index contributed by atoms with van der Waals surface area (Å²) < 4.78 is 30.2. The topological polar surface area (TPSA) is 144 Å². The molecule has 2 aromatic carbocycles. The summed E-state index contributed by atoms with van der Waals surface area (Å²) in [6.07, 6.45) is 0.0946. The molecule has 0 saturated carbocycles. The molecule has 6 rings (SSSR count).